The van der Waals surface area contributed by atoms with Crippen LogP contribution in [0.4, 0.5) is 0 Å². The fourth-order valence-electron chi connectivity index (χ4n) is 2.11. The molecule has 0 fully saturated rings. The lowest BCUT2D eigenvalue weighted by Gasteiger charge is -2.08. The van der Waals surface area contributed by atoms with Gasteiger partial charge >= 0.3 is 5.97 Å². The highest BCUT2D eigenvalue weighted by Gasteiger charge is 2.05. The molecule has 26 heavy (non-hydrogen) atoms. The predicted molar refractivity (Wildman–Crippen MR) is 94.1 cm³/mol. The van der Waals surface area contributed by atoms with Crippen LogP contribution in [-0.4, -0.2) is 19.7 Å². The van der Waals surface area contributed by atoms with E-state index in [1.165, 1.54) is 13.2 Å². The summed E-state index contributed by atoms with van der Waals surface area (Å²) in [5.41, 5.74) is 1.97. The number of benzene rings is 2. The van der Waals surface area contributed by atoms with Gasteiger partial charge < -0.3 is 14.2 Å². The summed E-state index contributed by atoms with van der Waals surface area (Å²) >= 11 is 0. The smallest absolute Gasteiger partial charge is 0.331 e. The molecule has 0 aliphatic carbocycles. The van der Waals surface area contributed by atoms with E-state index >= 15 is 0 Å². The van der Waals surface area contributed by atoms with Crippen molar-refractivity contribution in [1.82, 2.24) is 0 Å². The van der Waals surface area contributed by atoms with E-state index in [0.29, 0.717) is 17.1 Å². The Kier molecular flexibility index (Phi) is 6.79. The van der Waals surface area contributed by atoms with Crippen LogP contribution in [0.5, 0.6) is 11.5 Å². The van der Waals surface area contributed by atoms with Gasteiger partial charge in [0.05, 0.1) is 18.7 Å². The fourth-order valence-corrected chi connectivity index (χ4v) is 2.11. The first-order chi connectivity index (χ1) is 12.7. The van der Waals surface area contributed by atoms with Crippen molar-refractivity contribution >= 4 is 12.0 Å². The van der Waals surface area contributed by atoms with Gasteiger partial charge in [-0.2, -0.15) is 10.5 Å². The van der Waals surface area contributed by atoms with Crippen LogP contribution in [0.3, 0.4) is 0 Å². The Morgan fingerprint density at radius 1 is 1.15 bits per heavy atom. The number of esters is 1. The quantitative estimate of drug-likeness (QED) is 0.563. The molecule has 2 rings (SSSR count). The zero-order chi connectivity index (χ0) is 18.8. The molecule has 0 aliphatic heterocycles. The van der Waals surface area contributed by atoms with E-state index in [-0.39, 0.29) is 13.2 Å². The molecule has 6 heteroatoms. The van der Waals surface area contributed by atoms with Gasteiger partial charge in [-0.25, -0.2) is 4.79 Å². The van der Waals surface area contributed by atoms with Crippen LogP contribution in [0, 0.1) is 22.7 Å². The first-order valence-electron chi connectivity index (χ1n) is 7.68. The Bertz CT molecular complexity index is 891. The molecule has 2 aromatic carbocycles. The van der Waals surface area contributed by atoms with Crippen LogP contribution in [0.15, 0.2) is 48.5 Å². The topological polar surface area (TPSA) is 92.3 Å². The van der Waals surface area contributed by atoms with Crippen molar-refractivity contribution in [2.45, 2.75) is 6.61 Å². The minimum absolute atomic E-state index is 0.0785. The van der Waals surface area contributed by atoms with Crippen LogP contribution < -0.4 is 9.47 Å². The normalized spacial score (nSPS) is 9.96. The van der Waals surface area contributed by atoms with Crippen molar-refractivity contribution in [2.75, 3.05) is 13.7 Å². The molecule has 0 unspecified atom stereocenters. The number of carbonyl (C=O) groups excluding carboxylic acids is 1. The van der Waals surface area contributed by atoms with Crippen molar-refractivity contribution in [2.24, 2.45) is 0 Å². The molecule has 2 aromatic rings. The van der Waals surface area contributed by atoms with E-state index in [1.54, 1.807) is 48.5 Å². The summed E-state index contributed by atoms with van der Waals surface area (Å²) in [7, 11) is 1.49. The van der Waals surface area contributed by atoms with Crippen molar-refractivity contribution in [3.05, 3.63) is 65.2 Å². The van der Waals surface area contributed by atoms with Crippen LogP contribution in [0.1, 0.15) is 16.7 Å². The maximum atomic E-state index is 11.8. The molecular formula is C20H16N2O4. The third-order valence-electron chi connectivity index (χ3n) is 3.33. The molecule has 0 heterocycles. The van der Waals surface area contributed by atoms with Crippen LogP contribution >= 0.6 is 0 Å². The lowest BCUT2D eigenvalue weighted by Crippen LogP contribution is -2.01. The summed E-state index contributed by atoms with van der Waals surface area (Å²) in [5, 5.41) is 17.4. The first-order valence-corrected chi connectivity index (χ1v) is 7.68. The second-order valence-corrected chi connectivity index (χ2v) is 5.11. The average molecular weight is 348 g/mol. The van der Waals surface area contributed by atoms with E-state index in [9.17, 15) is 4.79 Å². The van der Waals surface area contributed by atoms with E-state index in [0.717, 1.165) is 11.1 Å². The van der Waals surface area contributed by atoms with Gasteiger partial charge in [-0.3, -0.25) is 0 Å². The lowest BCUT2D eigenvalue weighted by molar-refractivity contribution is -0.138. The molecule has 0 aliphatic rings. The lowest BCUT2D eigenvalue weighted by atomic mass is 10.1. The van der Waals surface area contributed by atoms with Crippen LogP contribution in [0.2, 0.25) is 0 Å². The Labute approximate surface area is 151 Å². The van der Waals surface area contributed by atoms with Gasteiger partial charge in [-0.1, -0.05) is 18.2 Å². The Morgan fingerprint density at radius 2 is 2.00 bits per heavy atom. The second-order valence-electron chi connectivity index (χ2n) is 5.11. The third kappa shape index (κ3) is 5.40. The van der Waals surface area contributed by atoms with Gasteiger partial charge in [0.25, 0.3) is 0 Å². The van der Waals surface area contributed by atoms with E-state index in [4.69, 9.17) is 24.7 Å². The highest BCUT2D eigenvalue weighted by Crippen LogP contribution is 2.28. The zero-order valence-corrected chi connectivity index (χ0v) is 14.1. The van der Waals surface area contributed by atoms with Gasteiger partial charge in [0, 0.05) is 6.08 Å². The van der Waals surface area contributed by atoms with Crippen LogP contribution in [-0.2, 0) is 16.1 Å². The molecule has 0 saturated heterocycles. The summed E-state index contributed by atoms with van der Waals surface area (Å²) in [6.45, 7) is 0.00776. The molecule has 130 valence electrons. The summed E-state index contributed by atoms with van der Waals surface area (Å²) in [6, 6.07) is 15.9. The molecule has 0 amide bonds. The number of hydrogen-bond acceptors (Lipinski definition) is 6. The van der Waals surface area contributed by atoms with Gasteiger partial charge in [-0.15, -0.1) is 0 Å². The molecule has 0 atom stereocenters. The van der Waals surface area contributed by atoms with E-state index < -0.39 is 5.97 Å². The summed E-state index contributed by atoms with van der Waals surface area (Å²) < 4.78 is 15.6. The number of methoxy groups -OCH3 is 1. The van der Waals surface area contributed by atoms with Gasteiger partial charge in [-0.05, 0) is 41.5 Å². The fraction of sp³-hybridized carbons (Fsp3) is 0.150. The minimum Gasteiger partial charge on any atom is -0.493 e. The monoisotopic (exact) mass is 348 g/mol. The zero-order valence-electron chi connectivity index (χ0n) is 14.1. The first kappa shape index (κ1) is 18.6. The predicted octanol–water partition coefficient (Wildman–Crippen LogP) is 3.23. The number of hydrogen-bond donors (Lipinski definition) is 0. The summed E-state index contributed by atoms with van der Waals surface area (Å²) in [5.74, 6) is 0.409. The van der Waals surface area contributed by atoms with Gasteiger partial charge in [0.2, 0.25) is 0 Å². The second kappa shape index (κ2) is 9.51. The Hall–Kier alpha value is -3.77. The van der Waals surface area contributed by atoms with Crippen LogP contribution in [0.25, 0.3) is 6.08 Å². The molecule has 0 radical (unpaired) electrons. The van der Waals surface area contributed by atoms with E-state index in [1.807, 2.05) is 12.1 Å². The SMILES string of the molecule is COc1cc(/C=C/C(=O)OCc2cccc(C#N)c2)ccc1OCC#N. The van der Waals surface area contributed by atoms with E-state index in [2.05, 4.69) is 0 Å². The van der Waals surface area contributed by atoms with Gasteiger partial charge in [0.1, 0.15) is 12.7 Å². The summed E-state index contributed by atoms with van der Waals surface area (Å²) in [6.07, 6.45) is 2.89. The van der Waals surface area contributed by atoms with Gasteiger partial charge in [0.15, 0.2) is 18.1 Å². The molecule has 6 nitrogen and oxygen atoms in total. The molecule has 0 bridgehead atoms. The number of nitrogens with zero attached hydrogens (tertiary/aromatic N) is 2. The minimum atomic E-state index is -0.504. The highest BCUT2D eigenvalue weighted by molar-refractivity contribution is 5.87. The van der Waals surface area contributed by atoms with Crippen molar-refractivity contribution in [3.8, 4) is 23.6 Å². The maximum absolute atomic E-state index is 11.8. The highest BCUT2D eigenvalue weighted by atomic mass is 16.5. The van der Waals surface area contributed by atoms with Crippen molar-refractivity contribution < 1.29 is 19.0 Å². The standard InChI is InChI=1S/C20H16N2O4/c1-24-19-12-15(5-7-18(19)25-10-9-21)6-8-20(23)26-14-17-4-2-3-16(11-17)13-22/h2-8,11-12H,10,14H2,1H3/b8-6+. The van der Waals surface area contributed by atoms with Crippen molar-refractivity contribution in [3.63, 3.8) is 0 Å². The Morgan fingerprint density at radius 3 is 2.73 bits per heavy atom. The molecule has 0 aromatic heterocycles. The number of ether oxygens (including phenoxy) is 3. The molecule has 0 saturated carbocycles. The number of rotatable bonds is 7. The number of nitriles is 2. The molecule has 0 spiro atoms. The maximum Gasteiger partial charge on any atom is 0.331 e. The third-order valence-corrected chi connectivity index (χ3v) is 3.33. The van der Waals surface area contributed by atoms with Crippen molar-refractivity contribution in [1.29, 1.82) is 10.5 Å². The average Bonchev–Trinajstić information content (AvgIpc) is 2.69. The number of carbonyl (C=O) groups is 1. The largest absolute Gasteiger partial charge is 0.493 e. The molecule has 0 N–H and O–H groups in total. The Balaban J connectivity index is 1.97. The molecular weight excluding hydrogens is 332 g/mol. The summed E-state index contributed by atoms with van der Waals surface area (Å²) in [4.78, 5) is 11.8.